The Bertz CT molecular complexity index is 847. The van der Waals surface area contributed by atoms with Crippen LogP contribution in [0.1, 0.15) is 11.1 Å². The van der Waals surface area contributed by atoms with Gasteiger partial charge in [0, 0.05) is 0 Å². The van der Waals surface area contributed by atoms with Gasteiger partial charge in [-0.25, -0.2) is 9.18 Å². The summed E-state index contributed by atoms with van der Waals surface area (Å²) in [6.45, 7) is 0.259. The molecule has 0 aliphatic carbocycles. The third kappa shape index (κ3) is 3.95. The molecule has 0 saturated carbocycles. The maximum absolute atomic E-state index is 12.9. The van der Waals surface area contributed by atoms with Crippen molar-refractivity contribution in [2.45, 2.75) is 6.61 Å². The Kier molecular flexibility index (Phi) is 4.65. The van der Waals surface area contributed by atoms with Crippen LogP contribution in [0.15, 0.2) is 48.2 Å². The highest BCUT2D eigenvalue weighted by Gasteiger charge is 2.22. The number of methoxy groups -OCH3 is 1. The lowest BCUT2D eigenvalue weighted by molar-refractivity contribution is -0.115. The summed E-state index contributed by atoms with van der Waals surface area (Å²) >= 11 is 0. The van der Waals surface area contributed by atoms with Gasteiger partial charge in [0.25, 0.3) is 5.91 Å². The number of hydrogen-bond donors (Lipinski definition) is 2. The Morgan fingerprint density at radius 3 is 2.44 bits per heavy atom. The molecule has 0 unspecified atom stereocenters. The van der Waals surface area contributed by atoms with Crippen LogP contribution in [0.5, 0.6) is 11.5 Å². The molecule has 2 aromatic rings. The van der Waals surface area contributed by atoms with E-state index in [0.717, 1.165) is 5.56 Å². The molecular formula is C18H15FN2O4. The molecule has 1 aliphatic rings. The highest BCUT2D eigenvalue weighted by molar-refractivity contribution is 6.14. The number of halogens is 1. The van der Waals surface area contributed by atoms with Crippen LogP contribution < -0.4 is 20.1 Å². The summed E-state index contributed by atoms with van der Waals surface area (Å²) in [4.78, 5) is 22.7. The number of carbonyl (C=O) groups is 2. The van der Waals surface area contributed by atoms with Gasteiger partial charge in [-0.2, -0.15) is 0 Å². The zero-order valence-corrected chi connectivity index (χ0v) is 13.3. The number of imide groups is 1. The number of rotatable bonds is 5. The van der Waals surface area contributed by atoms with Crippen molar-refractivity contribution in [2.75, 3.05) is 7.11 Å². The van der Waals surface area contributed by atoms with E-state index in [2.05, 4.69) is 10.6 Å². The monoisotopic (exact) mass is 342 g/mol. The van der Waals surface area contributed by atoms with Crippen molar-refractivity contribution in [3.05, 3.63) is 65.1 Å². The van der Waals surface area contributed by atoms with Gasteiger partial charge in [0.1, 0.15) is 18.1 Å². The number of nitrogens with one attached hydrogen (secondary N) is 2. The SMILES string of the molecule is COc1cc(/C=C2/NC(=O)NC2=O)ccc1OCc1ccc(F)cc1. The fourth-order valence-corrected chi connectivity index (χ4v) is 2.28. The topological polar surface area (TPSA) is 76.7 Å². The van der Waals surface area contributed by atoms with Crippen LogP contribution in [-0.2, 0) is 11.4 Å². The van der Waals surface area contributed by atoms with E-state index in [1.54, 1.807) is 30.3 Å². The van der Waals surface area contributed by atoms with E-state index < -0.39 is 11.9 Å². The average molecular weight is 342 g/mol. The molecule has 1 aliphatic heterocycles. The number of amides is 3. The van der Waals surface area contributed by atoms with Gasteiger partial charge in [0.05, 0.1) is 7.11 Å². The highest BCUT2D eigenvalue weighted by atomic mass is 19.1. The van der Waals surface area contributed by atoms with E-state index >= 15 is 0 Å². The largest absolute Gasteiger partial charge is 0.493 e. The maximum Gasteiger partial charge on any atom is 0.326 e. The Hall–Kier alpha value is -3.35. The molecule has 0 atom stereocenters. The van der Waals surface area contributed by atoms with Gasteiger partial charge in [-0.3, -0.25) is 10.1 Å². The lowest BCUT2D eigenvalue weighted by atomic mass is 10.1. The van der Waals surface area contributed by atoms with Crippen molar-refractivity contribution >= 4 is 18.0 Å². The van der Waals surface area contributed by atoms with Gasteiger partial charge in [0.15, 0.2) is 11.5 Å². The van der Waals surface area contributed by atoms with Crippen LogP contribution in [0, 0.1) is 5.82 Å². The molecule has 0 radical (unpaired) electrons. The van der Waals surface area contributed by atoms with E-state index in [9.17, 15) is 14.0 Å². The van der Waals surface area contributed by atoms with Crippen LogP contribution in [-0.4, -0.2) is 19.0 Å². The number of ether oxygens (including phenoxy) is 2. The first-order valence-corrected chi connectivity index (χ1v) is 7.44. The Morgan fingerprint density at radius 2 is 1.80 bits per heavy atom. The van der Waals surface area contributed by atoms with Gasteiger partial charge < -0.3 is 14.8 Å². The molecular weight excluding hydrogens is 327 g/mol. The van der Waals surface area contributed by atoms with Gasteiger partial charge in [-0.05, 0) is 41.5 Å². The first kappa shape index (κ1) is 16.5. The summed E-state index contributed by atoms with van der Waals surface area (Å²) in [6, 6.07) is 10.6. The molecule has 3 amide bonds. The molecule has 128 valence electrons. The normalized spacial score (nSPS) is 15.0. The van der Waals surface area contributed by atoms with Crippen molar-refractivity contribution in [2.24, 2.45) is 0 Å². The molecule has 1 saturated heterocycles. The molecule has 25 heavy (non-hydrogen) atoms. The van der Waals surface area contributed by atoms with E-state index in [4.69, 9.17) is 9.47 Å². The molecule has 0 bridgehead atoms. The summed E-state index contributed by atoms with van der Waals surface area (Å²) in [5, 5.41) is 4.54. The summed E-state index contributed by atoms with van der Waals surface area (Å²) < 4.78 is 23.9. The third-order valence-electron chi connectivity index (χ3n) is 3.53. The zero-order chi connectivity index (χ0) is 17.8. The van der Waals surface area contributed by atoms with Crippen molar-refractivity contribution < 1.29 is 23.5 Å². The Balaban J connectivity index is 1.75. The molecule has 6 nitrogen and oxygen atoms in total. The predicted molar refractivity (Wildman–Crippen MR) is 88.4 cm³/mol. The summed E-state index contributed by atoms with van der Waals surface area (Å²) in [5.41, 5.74) is 1.64. The minimum absolute atomic E-state index is 0.159. The second-order valence-electron chi connectivity index (χ2n) is 5.29. The quantitative estimate of drug-likeness (QED) is 0.647. The van der Waals surface area contributed by atoms with Crippen LogP contribution in [0.2, 0.25) is 0 Å². The second kappa shape index (κ2) is 7.04. The van der Waals surface area contributed by atoms with Gasteiger partial charge >= 0.3 is 6.03 Å². The fraction of sp³-hybridized carbons (Fsp3) is 0.111. The highest BCUT2D eigenvalue weighted by Crippen LogP contribution is 2.29. The second-order valence-corrected chi connectivity index (χ2v) is 5.29. The zero-order valence-electron chi connectivity index (χ0n) is 13.3. The van der Waals surface area contributed by atoms with E-state index in [-0.39, 0.29) is 18.1 Å². The van der Waals surface area contributed by atoms with E-state index in [1.807, 2.05) is 0 Å². The molecule has 2 N–H and O–H groups in total. The maximum atomic E-state index is 12.9. The first-order chi connectivity index (χ1) is 12.0. The van der Waals surface area contributed by atoms with Crippen molar-refractivity contribution in [1.29, 1.82) is 0 Å². The van der Waals surface area contributed by atoms with Crippen LogP contribution in [0.4, 0.5) is 9.18 Å². The molecule has 0 spiro atoms. The standard InChI is InChI=1S/C18H15FN2O4/c1-24-16-9-12(8-14-17(22)21-18(23)20-14)4-7-15(16)25-10-11-2-5-13(19)6-3-11/h2-9H,10H2,1H3,(H2,20,21,22,23)/b14-8+. The summed E-state index contributed by atoms with van der Waals surface area (Å²) in [7, 11) is 1.50. The van der Waals surface area contributed by atoms with E-state index in [1.165, 1.54) is 25.3 Å². The van der Waals surface area contributed by atoms with E-state index in [0.29, 0.717) is 17.1 Å². The van der Waals surface area contributed by atoms with Crippen LogP contribution in [0.3, 0.4) is 0 Å². The van der Waals surface area contributed by atoms with Crippen LogP contribution in [0.25, 0.3) is 6.08 Å². The molecule has 2 aromatic carbocycles. The average Bonchev–Trinajstić information content (AvgIpc) is 2.92. The summed E-state index contributed by atoms with van der Waals surface area (Å²) in [6.07, 6.45) is 1.53. The summed E-state index contributed by atoms with van der Waals surface area (Å²) in [5.74, 6) is 0.192. The molecule has 1 heterocycles. The van der Waals surface area contributed by atoms with Gasteiger partial charge in [0.2, 0.25) is 0 Å². The van der Waals surface area contributed by atoms with Crippen LogP contribution >= 0.6 is 0 Å². The number of carbonyl (C=O) groups excluding carboxylic acids is 2. The van der Waals surface area contributed by atoms with Gasteiger partial charge in [-0.15, -0.1) is 0 Å². The lowest BCUT2D eigenvalue weighted by Gasteiger charge is -2.11. The number of benzene rings is 2. The number of urea groups is 1. The minimum atomic E-state index is -0.553. The minimum Gasteiger partial charge on any atom is -0.493 e. The van der Waals surface area contributed by atoms with Crippen molar-refractivity contribution in [1.82, 2.24) is 10.6 Å². The molecule has 3 rings (SSSR count). The first-order valence-electron chi connectivity index (χ1n) is 7.44. The molecule has 7 heteroatoms. The van der Waals surface area contributed by atoms with Crippen molar-refractivity contribution in [3.8, 4) is 11.5 Å². The lowest BCUT2D eigenvalue weighted by Crippen LogP contribution is -2.22. The Labute approximate surface area is 143 Å². The number of hydrogen-bond acceptors (Lipinski definition) is 4. The van der Waals surface area contributed by atoms with Crippen molar-refractivity contribution in [3.63, 3.8) is 0 Å². The molecule has 0 aromatic heterocycles. The smallest absolute Gasteiger partial charge is 0.326 e. The third-order valence-corrected chi connectivity index (χ3v) is 3.53. The van der Waals surface area contributed by atoms with Gasteiger partial charge in [-0.1, -0.05) is 18.2 Å². The fourth-order valence-electron chi connectivity index (χ4n) is 2.28. The molecule has 1 fully saturated rings. The predicted octanol–water partition coefficient (Wildman–Crippen LogP) is 2.59. The Morgan fingerprint density at radius 1 is 1.04 bits per heavy atom.